The number of nitrogens with one attached hydrogen (secondary N) is 1. The van der Waals surface area contributed by atoms with E-state index in [1.54, 1.807) is 6.07 Å². The van der Waals surface area contributed by atoms with Crippen molar-refractivity contribution >= 4 is 23.2 Å². The Balaban J connectivity index is 1.82. The van der Waals surface area contributed by atoms with Crippen LogP contribution in [0.15, 0.2) is 48.5 Å². The van der Waals surface area contributed by atoms with Gasteiger partial charge in [-0.05, 0) is 37.1 Å². The third-order valence-corrected chi connectivity index (χ3v) is 3.74. The summed E-state index contributed by atoms with van der Waals surface area (Å²) in [7, 11) is 0. The van der Waals surface area contributed by atoms with Gasteiger partial charge < -0.3 is 10.2 Å². The second kappa shape index (κ2) is 5.60. The van der Waals surface area contributed by atoms with Crippen LogP contribution in [0.4, 0.5) is 15.8 Å². The summed E-state index contributed by atoms with van der Waals surface area (Å²) in [5.41, 5.74) is 1.77. The van der Waals surface area contributed by atoms with Gasteiger partial charge in [-0.1, -0.05) is 30.3 Å². The Morgan fingerprint density at radius 2 is 1.82 bits per heavy atom. The fourth-order valence-corrected chi connectivity index (χ4v) is 2.72. The molecule has 0 aromatic heterocycles. The number of rotatable bonds is 1. The van der Waals surface area contributed by atoms with Crippen LogP contribution in [-0.2, 0) is 16.0 Å². The zero-order valence-electron chi connectivity index (χ0n) is 12.0. The molecule has 3 rings (SSSR count). The smallest absolute Gasteiger partial charge is 0.315 e. The topological polar surface area (TPSA) is 49.4 Å². The number of nitrogens with zero attached hydrogens (tertiary/aromatic N) is 1. The maximum atomic E-state index is 13.6. The molecule has 2 amide bonds. The fraction of sp³-hybridized carbons (Fsp3) is 0.176. The highest BCUT2D eigenvalue weighted by Gasteiger charge is 2.34. The predicted octanol–water partition coefficient (Wildman–Crippen LogP) is 2.74. The molecule has 1 N–H and O–H groups in total. The van der Waals surface area contributed by atoms with Gasteiger partial charge in [0.1, 0.15) is 5.82 Å². The molecule has 0 saturated heterocycles. The molecule has 0 saturated carbocycles. The van der Waals surface area contributed by atoms with Gasteiger partial charge in [-0.2, -0.15) is 0 Å². The van der Waals surface area contributed by atoms with E-state index >= 15 is 0 Å². The van der Waals surface area contributed by atoms with Gasteiger partial charge in [-0.3, -0.25) is 9.59 Å². The molecule has 0 aliphatic carbocycles. The summed E-state index contributed by atoms with van der Waals surface area (Å²) < 4.78 is 13.6. The van der Waals surface area contributed by atoms with Gasteiger partial charge in [0.2, 0.25) is 0 Å². The van der Waals surface area contributed by atoms with Gasteiger partial charge in [0, 0.05) is 11.7 Å². The normalized spacial score (nSPS) is 16.3. The first-order valence-electron chi connectivity index (χ1n) is 7.05. The average molecular weight is 298 g/mol. The third-order valence-electron chi connectivity index (χ3n) is 3.74. The molecule has 112 valence electrons. The Labute approximate surface area is 127 Å². The molecule has 0 spiro atoms. The van der Waals surface area contributed by atoms with Crippen molar-refractivity contribution in [2.75, 3.05) is 10.2 Å². The summed E-state index contributed by atoms with van der Waals surface area (Å²) in [6.07, 6.45) is 0.703. The summed E-state index contributed by atoms with van der Waals surface area (Å²) in [6, 6.07) is 13.1. The van der Waals surface area contributed by atoms with Crippen LogP contribution in [0.5, 0.6) is 0 Å². The van der Waals surface area contributed by atoms with Crippen molar-refractivity contribution in [3.8, 4) is 0 Å². The Morgan fingerprint density at radius 3 is 2.59 bits per heavy atom. The van der Waals surface area contributed by atoms with Crippen LogP contribution in [-0.4, -0.2) is 17.9 Å². The molecular formula is C17H15FN2O2. The summed E-state index contributed by atoms with van der Waals surface area (Å²) in [5, 5.41) is 2.33. The first kappa shape index (κ1) is 14.3. The van der Waals surface area contributed by atoms with E-state index in [9.17, 15) is 14.0 Å². The summed E-state index contributed by atoms with van der Waals surface area (Å²) in [5.74, 6) is -2.09. The molecule has 1 aliphatic rings. The Bertz CT molecular complexity index is 745. The fourth-order valence-electron chi connectivity index (χ4n) is 2.72. The van der Waals surface area contributed by atoms with Crippen molar-refractivity contribution in [2.24, 2.45) is 0 Å². The van der Waals surface area contributed by atoms with E-state index in [1.165, 1.54) is 23.1 Å². The van der Waals surface area contributed by atoms with Crippen LogP contribution in [0, 0.1) is 5.82 Å². The minimum Gasteiger partial charge on any atom is -0.315 e. The van der Waals surface area contributed by atoms with Gasteiger partial charge in [0.15, 0.2) is 0 Å². The molecule has 1 unspecified atom stereocenters. The molecule has 4 nitrogen and oxygen atoms in total. The molecule has 5 heteroatoms. The molecule has 22 heavy (non-hydrogen) atoms. The van der Waals surface area contributed by atoms with Crippen LogP contribution < -0.4 is 10.2 Å². The predicted molar refractivity (Wildman–Crippen MR) is 82.1 cm³/mol. The lowest BCUT2D eigenvalue weighted by Crippen LogP contribution is -2.43. The van der Waals surface area contributed by atoms with E-state index in [0.717, 1.165) is 11.3 Å². The van der Waals surface area contributed by atoms with Gasteiger partial charge >= 0.3 is 11.8 Å². The van der Waals surface area contributed by atoms with Crippen molar-refractivity contribution in [2.45, 2.75) is 19.4 Å². The standard InChI is InChI=1S/C17H15FN2O2/c1-11-10-12-6-2-5-9-15(12)20(11)17(22)16(21)19-14-8-4-3-7-13(14)18/h2-9,11H,10H2,1H3,(H,19,21). The van der Waals surface area contributed by atoms with Gasteiger partial charge in [-0.25, -0.2) is 4.39 Å². The van der Waals surface area contributed by atoms with Crippen LogP contribution >= 0.6 is 0 Å². The minimum atomic E-state index is -0.839. The molecule has 2 aromatic rings. The number of benzene rings is 2. The van der Waals surface area contributed by atoms with Crippen molar-refractivity contribution in [3.05, 3.63) is 59.9 Å². The number of para-hydroxylation sites is 2. The number of hydrogen-bond acceptors (Lipinski definition) is 2. The SMILES string of the molecule is CC1Cc2ccccc2N1C(=O)C(=O)Nc1ccccc1F. The van der Waals surface area contributed by atoms with E-state index in [0.29, 0.717) is 6.42 Å². The summed E-state index contributed by atoms with van der Waals surface area (Å²) in [4.78, 5) is 26.0. The summed E-state index contributed by atoms with van der Waals surface area (Å²) >= 11 is 0. The number of amides is 2. The van der Waals surface area contributed by atoms with E-state index in [2.05, 4.69) is 5.32 Å². The molecule has 2 aromatic carbocycles. The first-order chi connectivity index (χ1) is 10.6. The lowest BCUT2D eigenvalue weighted by molar-refractivity contribution is -0.134. The second-order valence-corrected chi connectivity index (χ2v) is 5.29. The quantitative estimate of drug-likeness (QED) is 0.823. The van der Waals surface area contributed by atoms with Crippen LogP contribution in [0.25, 0.3) is 0 Å². The van der Waals surface area contributed by atoms with Crippen molar-refractivity contribution < 1.29 is 14.0 Å². The van der Waals surface area contributed by atoms with E-state index in [1.807, 2.05) is 31.2 Å². The summed E-state index contributed by atoms with van der Waals surface area (Å²) in [6.45, 7) is 1.88. The highest BCUT2D eigenvalue weighted by molar-refractivity contribution is 6.44. The number of halogens is 1. The molecule has 0 radical (unpaired) electrons. The van der Waals surface area contributed by atoms with Gasteiger partial charge in [0.25, 0.3) is 0 Å². The van der Waals surface area contributed by atoms with Crippen molar-refractivity contribution in [3.63, 3.8) is 0 Å². The Kier molecular flexibility index (Phi) is 3.63. The first-order valence-corrected chi connectivity index (χ1v) is 7.05. The van der Waals surface area contributed by atoms with Gasteiger partial charge in [-0.15, -0.1) is 0 Å². The minimum absolute atomic E-state index is 0.000912. The number of carbonyl (C=O) groups excluding carboxylic acids is 2. The lowest BCUT2D eigenvalue weighted by atomic mass is 10.1. The monoisotopic (exact) mass is 298 g/mol. The second-order valence-electron chi connectivity index (χ2n) is 5.29. The molecule has 0 fully saturated rings. The van der Waals surface area contributed by atoms with Crippen LogP contribution in [0.2, 0.25) is 0 Å². The van der Waals surface area contributed by atoms with E-state index < -0.39 is 17.6 Å². The number of fused-ring (bicyclic) bond motifs is 1. The molecule has 1 aliphatic heterocycles. The highest BCUT2D eigenvalue weighted by Crippen LogP contribution is 2.31. The average Bonchev–Trinajstić information content (AvgIpc) is 2.84. The maximum absolute atomic E-state index is 13.6. The number of hydrogen-bond donors (Lipinski definition) is 1. The van der Waals surface area contributed by atoms with Crippen molar-refractivity contribution in [1.29, 1.82) is 0 Å². The maximum Gasteiger partial charge on any atom is 0.316 e. The number of carbonyl (C=O) groups is 2. The largest absolute Gasteiger partial charge is 0.316 e. The van der Waals surface area contributed by atoms with E-state index in [-0.39, 0.29) is 11.7 Å². The van der Waals surface area contributed by atoms with Crippen LogP contribution in [0.1, 0.15) is 12.5 Å². The zero-order chi connectivity index (χ0) is 15.7. The van der Waals surface area contributed by atoms with Crippen molar-refractivity contribution in [1.82, 2.24) is 0 Å². The van der Waals surface area contributed by atoms with Crippen LogP contribution in [0.3, 0.4) is 0 Å². The Morgan fingerprint density at radius 1 is 1.14 bits per heavy atom. The highest BCUT2D eigenvalue weighted by atomic mass is 19.1. The van der Waals surface area contributed by atoms with E-state index in [4.69, 9.17) is 0 Å². The molecule has 1 heterocycles. The molecule has 0 bridgehead atoms. The Hall–Kier alpha value is -2.69. The molecular weight excluding hydrogens is 283 g/mol. The lowest BCUT2D eigenvalue weighted by Gasteiger charge is -2.22. The van der Waals surface area contributed by atoms with Gasteiger partial charge in [0.05, 0.1) is 5.69 Å². The molecule has 1 atom stereocenters. The third kappa shape index (κ3) is 2.45. The number of anilines is 2. The zero-order valence-corrected chi connectivity index (χ0v) is 12.0.